The highest BCUT2D eigenvalue weighted by Crippen LogP contribution is 2.34. The van der Waals surface area contributed by atoms with Crippen LogP contribution in [0.5, 0.6) is 0 Å². The molecule has 0 aliphatic carbocycles. The molecule has 0 radical (unpaired) electrons. The molecule has 1 fully saturated rings. The van der Waals surface area contributed by atoms with E-state index in [0.717, 1.165) is 10.5 Å². The van der Waals surface area contributed by atoms with E-state index in [4.69, 9.17) is 0 Å². The van der Waals surface area contributed by atoms with Gasteiger partial charge < -0.3 is 10.0 Å². The van der Waals surface area contributed by atoms with Crippen molar-refractivity contribution in [3.63, 3.8) is 0 Å². The van der Waals surface area contributed by atoms with Crippen molar-refractivity contribution in [2.75, 3.05) is 19.3 Å². The molecule has 24 heavy (non-hydrogen) atoms. The number of amides is 1. The Labute approximate surface area is 144 Å². The highest BCUT2D eigenvalue weighted by atomic mass is 32.2. The van der Waals surface area contributed by atoms with E-state index in [1.54, 1.807) is 29.4 Å². The lowest BCUT2D eigenvalue weighted by Crippen LogP contribution is -2.30. The van der Waals surface area contributed by atoms with E-state index in [1.807, 2.05) is 30.5 Å². The molecule has 1 aromatic carbocycles. The SMILES string of the molecule is CSc1ccccc1C(=O)N1C[C@H](C(=O)O)[C@@H](c2cccnc2)C1. The molecule has 2 aromatic rings. The van der Waals surface area contributed by atoms with Gasteiger partial charge in [0.25, 0.3) is 5.91 Å². The third kappa shape index (κ3) is 3.14. The number of pyridine rings is 1. The Morgan fingerprint density at radius 2 is 2.00 bits per heavy atom. The molecule has 0 spiro atoms. The number of carbonyl (C=O) groups excluding carboxylic acids is 1. The van der Waals surface area contributed by atoms with Crippen LogP contribution in [0.2, 0.25) is 0 Å². The molecule has 6 heteroatoms. The van der Waals surface area contributed by atoms with Crippen molar-refractivity contribution in [1.29, 1.82) is 0 Å². The third-order valence-electron chi connectivity index (χ3n) is 4.37. The monoisotopic (exact) mass is 342 g/mol. The maximum absolute atomic E-state index is 12.9. The second-order valence-electron chi connectivity index (χ2n) is 5.75. The largest absolute Gasteiger partial charge is 0.481 e. The first-order valence-corrected chi connectivity index (χ1v) is 8.89. The highest BCUT2D eigenvalue weighted by molar-refractivity contribution is 7.98. The summed E-state index contributed by atoms with van der Waals surface area (Å²) in [6.07, 6.45) is 5.27. The standard InChI is InChI=1S/C18H18N2O3S/c1-24-16-7-3-2-6-13(16)17(21)20-10-14(15(11-20)18(22)23)12-5-4-8-19-9-12/h2-9,14-15H,10-11H2,1H3,(H,22,23)/t14-,15+/m1/s1. The highest BCUT2D eigenvalue weighted by Gasteiger charge is 2.41. The fourth-order valence-corrected chi connectivity index (χ4v) is 3.73. The molecule has 124 valence electrons. The molecule has 3 rings (SSSR count). The molecule has 1 saturated heterocycles. The van der Waals surface area contributed by atoms with Crippen LogP contribution in [0.1, 0.15) is 21.8 Å². The first-order chi connectivity index (χ1) is 11.6. The van der Waals surface area contributed by atoms with Gasteiger partial charge in [0.1, 0.15) is 0 Å². The van der Waals surface area contributed by atoms with Gasteiger partial charge in [0, 0.05) is 36.3 Å². The molecule has 0 bridgehead atoms. The summed E-state index contributed by atoms with van der Waals surface area (Å²) in [6, 6.07) is 11.1. The molecule has 0 saturated carbocycles. The van der Waals surface area contributed by atoms with Crippen molar-refractivity contribution in [2.24, 2.45) is 5.92 Å². The van der Waals surface area contributed by atoms with Gasteiger partial charge in [-0.2, -0.15) is 0 Å². The fraction of sp³-hybridized carbons (Fsp3) is 0.278. The van der Waals surface area contributed by atoms with Crippen molar-refractivity contribution in [3.8, 4) is 0 Å². The molecule has 2 atom stereocenters. The van der Waals surface area contributed by atoms with Crippen LogP contribution in [-0.2, 0) is 4.79 Å². The number of likely N-dealkylation sites (tertiary alicyclic amines) is 1. The summed E-state index contributed by atoms with van der Waals surface area (Å²) in [6.45, 7) is 0.612. The van der Waals surface area contributed by atoms with E-state index in [2.05, 4.69) is 4.98 Å². The summed E-state index contributed by atoms with van der Waals surface area (Å²) in [4.78, 5) is 31.2. The van der Waals surface area contributed by atoms with Gasteiger partial charge >= 0.3 is 5.97 Å². The number of rotatable bonds is 4. The Hall–Kier alpha value is -2.34. The van der Waals surface area contributed by atoms with Gasteiger partial charge in [-0.15, -0.1) is 11.8 Å². The van der Waals surface area contributed by atoms with E-state index in [-0.39, 0.29) is 18.4 Å². The van der Waals surface area contributed by atoms with Gasteiger partial charge in [-0.3, -0.25) is 14.6 Å². The third-order valence-corrected chi connectivity index (χ3v) is 5.17. The molecule has 1 aromatic heterocycles. The van der Waals surface area contributed by atoms with Crippen LogP contribution in [0.25, 0.3) is 0 Å². The maximum Gasteiger partial charge on any atom is 0.308 e. The molecule has 1 N–H and O–H groups in total. The van der Waals surface area contributed by atoms with Gasteiger partial charge in [0.05, 0.1) is 11.5 Å². The lowest BCUT2D eigenvalue weighted by molar-refractivity contribution is -0.141. The lowest BCUT2D eigenvalue weighted by Gasteiger charge is -2.18. The predicted octanol–water partition coefficient (Wildman–Crippen LogP) is 2.74. The first-order valence-electron chi connectivity index (χ1n) is 7.67. The van der Waals surface area contributed by atoms with Crippen molar-refractivity contribution >= 4 is 23.6 Å². The number of carboxylic acid groups (broad SMARTS) is 1. The molecular formula is C18H18N2O3S. The quantitative estimate of drug-likeness (QED) is 0.865. The van der Waals surface area contributed by atoms with Crippen LogP contribution >= 0.6 is 11.8 Å². The van der Waals surface area contributed by atoms with E-state index in [0.29, 0.717) is 12.1 Å². The summed E-state index contributed by atoms with van der Waals surface area (Å²) < 4.78 is 0. The van der Waals surface area contributed by atoms with Crippen molar-refractivity contribution < 1.29 is 14.7 Å². The van der Waals surface area contributed by atoms with Gasteiger partial charge in [0.15, 0.2) is 0 Å². The van der Waals surface area contributed by atoms with Crippen LogP contribution in [0.3, 0.4) is 0 Å². The van der Waals surface area contributed by atoms with E-state index < -0.39 is 11.9 Å². The number of carbonyl (C=O) groups is 2. The first kappa shape index (κ1) is 16.5. The number of nitrogens with zero attached hydrogens (tertiary/aromatic N) is 2. The van der Waals surface area contributed by atoms with E-state index in [9.17, 15) is 14.7 Å². The summed E-state index contributed by atoms with van der Waals surface area (Å²) in [7, 11) is 0. The molecule has 1 aliphatic rings. The molecular weight excluding hydrogens is 324 g/mol. The second-order valence-corrected chi connectivity index (χ2v) is 6.60. The summed E-state index contributed by atoms with van der Waals surface area (Å²) in [5, 5.41) is 9.55. The van der Waals surface area contributed by atoms with Crippen LogP contribution in [-0.4, -0.2) is 46.2 Å². The zero-order valence-electron chi connectivity index (χ0n) is 13.3. The number of aromatic nitrogens is 1. The number of benzene rings is 1. The summed E-state index contributed by atoms with van der Waals surface area (Å²) >= 11 is 1.51. The van der Waals surface area contributed by atoms with Gasteiger partial charge in [0.2, 0.25) is 0 Å². The molecule has 0 unspecified atom stereocenters. The number of hydrogen-bond acceptors (Lipinski definition) is 4. The van der Waals surface area contributed by atoms with Crippen molar-refractivity contribution in [2.45, 2.75) is 10.8 Å². The van der Waals surface area contributed by atoms with Gasteiger partial charge in [-0.05, 0) is 30.0 Å². The summed E-state index contributed by atoms with van der Waals surface area (Å²) in [5.74, 6) is -1.84. The summed E-state index contributed by atoms with van der Waals surface area (Å²) in [5.41, 5.74) is 1.49. The molecule has 1 amide bonds. The van der Waals surface area contributed by atoms with Crippen LogP contribution in [0.4, 0.5) is 0 Å². The predicted molar refractivity (Wildman–Crippen MR) is 92.2 cm³/mol. The maximum atomic E-state index is 12.9. The minimum atomic E-state index is -0.877. The Balaban J connectivity index is 1.88. The molecule has 5 nitrogen and oxygen atoms in total. The number of thioether (sulfide) groups is 1. The fourth-order valence-electron chi connectivity index (χ4n) is 3.14. The average Bonchev–Trinajstić information content (AvgIpc) is 3.07. The Morgan fingerprint density at radius 3 is 2.67 bits per heavy atom. The normalized spacial score (nSPS) is 20.1. The smallest absolute Gasteiger partial charge is 0.308 e. The van der Waals surface area contributed by atoms with Gasteiger partial charge in [-0.25, -0.2) is 0 Å². The zero-order valence-corrected chi connectivity index (χ0v) is 14.1. The van der Waals surface area contributed by atoms with E-state index >= 15 is 0 Å². The Bertz CT molecular complexity index is 751. The van der Waals surface area contributed by atoms with E-state index in [1.165, 1.54) is 11.8 Å². The number of carboxylic acids is 1. The zero-order chi connectivity index (χ0) is 17.1. The average molecular weight is 342 g/mol. The lowest BCUT2D eigenvalue weighted by atomic mass is 9.90. The Morgan fingerprint density at radius 1 is 1.21 bits per heavy atom. The number of hydrogen-bond donors (Lipinski definition) is 1. The number of aliphatic carboxylic acids is 1. The Kier molecular flexibility index (Phi) is 4.85. The second kappa shape index (κ2) is 7.05. The van der Waals surface area contributed by atoms with Crippen LogP contribution in [0.15, 0.2) is 53.7 Å². The van der Waals surface area contributed by atoms with Gasteiger partial charge in [-0.1, -0.05) is 18.2 Å². The minimum absolute atomic E-state index is 0.113. The van der Waals surface area contributed by atoms with Crippen molar-refractivity contribution in [1.82, 2.24) is 9.88 Å². The van der Waals surface area contributed by atoms with Crippen LogP contribution < -0.4 is 0 Å². The minimum Gasteiger partial charge on any atom is -0.481 e. The molecule has 1 aliphatic heterocycles. The van der Waals surface area contributed by atoms with Crippen molar-refractivity contribution in [3.05, 3.63) is 59.9 Å². The van der Waals surface area contributed by atoms with Crippen LogP contribution in [0, 0.1) is 5.92 Å². The molecule has 2 heterocycles. The topological polar surface area (TPSA) is 70.5 Å².